The molecular formula is C13H15N3S. The van der Waals surface area contributed by atoms with Crippen LogP contribution in [0.15, 0.2) is 29.3 Å². The molecule has 0 bridgehead atoms. The molecule has 1 aromatic heterocycles. The molecule has 0 radical (unpaired) electrons. The summed E-state index contributed by atoms with van der Waals surface area (Å²) in [5, 5.41) is 1.21. The quantitative estimate of drug-likeness (QED) is 0.814. The van der Waals surface area contributed by atoms with Crippen LogP contribution in [0.2, 0.25) is 0 Å². The van der Waals surface area contributed by atoms with E-state index in [1.165, 1.54) is 10.6 Å². The molecular weight excluding hydrogens is 230 g/mol. The molecule has 3 nitrogen and oxygen atoms in total. The summed E-state index contributed by atoms with van der Waals surface area (Å²) in [6, 6.07) is 8.70. The van der Waals surface area contributed by atoms with Crippen LogP contribution in [0.4, 0.5) is 0 Å². The third kappa shape index (κ3) is 1.97. The Morgan fingerprint density at radius 1 is 1.35 bits per heavy atom. The summed E-state index contributed by atoms with van der Waals surface area (Å²) in [6.07, 6.45) is 0. The van der Waals surface area contributed by atoms with Gasteiger partial charge in [-0.1, -0.05) is 12.1 Å². The van der Waals surface area contributed by atoms with Crippen molar-refractivity contribution in [3.05, 3.63) is 30.1 Å². The Bertz CT molecular complexity index is 585. The molecule has 0 N–H and O–H groups in total. The number of imidazole rings is 1. The standard InChI is InChI=1S/C13H15N3S/c1-9-14-12-5-3-4-6-13(12)16(9)7-11-8-17-10(2)15-11/h3-6,11H,7-8H2,1-2H3. The third-order valence-corrected chi connectivity index (χ3v) is 4.16. The molecule has 1 aliphatic rings. The molecule has 1 aromatic carbocycles. The van der Waals surface area contributed by atoms with Crippen LogP contribution in [0.25, 0.3) is 11.0 Å². The molecule has 88 valence electrons. The van der Waals surface area contributed by atoms with E-state index in [9.17, 15) is 0 Å². The third-order valence-electron chi connectivity index (χ3n) is 3.09. The Balaban J connectivity index is 1.97. The molecule has 0 fully saturated rings. The van der Waals surface area contributed by atoms with E-state index in [4.69, 9.17) is 0 Å². The van der Waals surface area contributed by atoms with Crippen molar-refractivity contribution in [3.63, 3.8) is 0 Å². The molecule has 0 amide bonds. The fourth-order valence-electron chi connectivity index (χ4n) is 2.28. The number of aliphatic imine (C=N–C) groups is 1. The van der Waals surface area contributed by atoms with E-state index in [0.717, 1.165) is 23.6 Å². The molecule has 3 rings (SSSR count). The molecule has 0 spiro atoms. The number of para-hydroxylation sites is 2. The van der Waals surface area contributed by atoms with E-state index < -0.39 is 0 Å². The summed E-state index contributed by atoms with van der Waals surface area (Å²) >= 11 is 1.85. The predicted molar refractivity (Wildman–Crippen MR) is 73.8 cm³/mol. The molecule has 0 saturated heterocycles. The molecule has 0 aliphatic carbocycles. The van der Waals surface area contributed by atoms with Gasteiger partial charge in [0.05, 0.1) is 22.1 Å². The number of fused-ring (bicyclic) bond motifs is 1. The van der Waals surface area contributed by atoms with Gasteiger partial charge in [0.15, 0.2) is 0 Å². The highest BCUT2D eigenvalue weighted by Crippen LogP contribution is 2.22. The Labute approximate surface area is 105 Å². The lowest BCUT2D eigenvalue weighted by Gasteiger charge is -2.10. The summed E-state index contributed by atoms with van der Waals surface area (Å²) in [5.41, 5.74) is 2.30. The molecule has 1 atom stereocenters. The van der Waals surface area contributed by atoms with Gasteiger partial charge in [0.1, 0.15) is 5.82 Å². The molecule has 0 saturated carbocycles. The largest absolute Gasteiger partial charge is 0.326 e. The minimum absolute atomic E-state index is 0.399. The lowest BCUT2D eigenvalue weighted by Crippen LogP contribution is -2.15. The normalized spacial score (nSPS) is 19.9. The fourth-order valence-corrected chi connectivity index (χ4v) is 3.12. The Kier molecular flexibility index (Phi) is 2.67. The number of aryl methyl sites for hydroxylation is 1. The average molecular weight is 245 g/mol. The topological polar surface area (TPSA) is 30.2 Å². The summed E-state index contributed by atoms with van der Waals surface area (Å²) < 4.78 is 2.28. The molecule has 1 aliphatic heterocycles. The second-order valence-electron chi connectivity index (χ2n) is 4.37. The summed E-state index contributed by atoms with van der Waals surface area (Å²) in [7, 11) is 0. The summed E-state index contributed by atoms with van der Waals surface area (Å²) in [5.74, 6) is 2.17. The Morgan fingerprint density at radius 2 is 2.18 bits per heavy atom. The van der Waals surface area contributed by atoms with E-state index >= 15 is 0 Å². The zero-order chi connectivity index (χ0) is 11.8. The maximum Gasteiger partial charge on any atom is 0.106 e. The van der Waals surface area contributed by atoms with Crippen molar-refractivity contribution in [2.45, 2.75) is 26.4 Å². The second kappa shape index (κ2) is 4.18. The van der Waals surface area contributed by atoms with Crippen LogP contribution in [-0.4, -0.2) is 26.4 Å². The molecule has 2 heterocycles. The van der Waals surface area contributed by atoms with Crippen molar-refractivity contribution in [2.75, 3.05) is 5.75 Å². The summed E-state index contributed by atoms with van der Waals surface area (Å²) in [6.45, 7) is 5.10. The number of nitrogens with zero attached hydrogens (tertiary/aromatic N) is 3. The minimum atomic E-state index is 0.399. The van der Waals surface area contributed by atoms with E-state index in [-0.39, 0.29) is 0 Å². The number of hydrogen-bond donors (Lipinski definition) is 0. The first-order chi connectivity index (χ1) is 8.24. The van der Waals surface area contributed by atoms with Gasteiger partial charge in [0.25, 0.3) is 0 Å². The Hall–Kier alpha value is -1.29. The van der Waals surface area contributed by atoms with Crippen molar-refractivity contribution < 1.29 is 0 Å². The van der Waals surface area contributed by atoms with Gasteiger partial charge >= 0.3 is 0 Å². The van der Waals surface area contributed by atoms with Gasteiger partial charge in [0, 0.05) is 12.3 Å². The highest BCUT2D eigenvalue weighted by atomic mass is 32.2. The molecule has 4 heteroatoms. The van der Waals surface area contributed by atoms with Gasteiger partial charge in [0.2, 0.25) is 0 Å². The zero-order valence-electron chi connectivity index (χ0n) is 10.1. The van der Waals surface area contributed by atoms with E-state index in [1.807, 2.05) is 17.8 Å². The van der Waals surface area contributed by atoms with Gasteiger partial charge in [-0.3, -0.25) is 4.99 Å². The fraction of sp³-hybridized carbons (Fsp3) is 0.385. The number of thioether (sulfide) groups is 1. The highest BCUT2D eigenvalue weighted by Gasteiger charge is 2.18. The number of aromatic nitrogens is 2. The van der Waals surface area contributed by atoms with Gasteiger partial charge < -0.3 is 4.57 Å². The maximum absolute atomic E-state index is 4.64. The molecule has 17 heavy (non-hydrogen) atoms. The predicted octanol–water partition coefficient (Wildman–Crippen LogP) is 2.88. The summed E-state index contributed by atoms with van der Waals surface area (Å²) in [4.78, 5) is 9.22. The van der Waals surface area contributed by atoms with Gasteiger partial charge in [-0.15, -0.1) is 11.8 Å². The number of hydrogen-bond acceptors (Lipinski definition) is 3. The van der Waals surface area contributed by atoms with Crippen LogP contribution >= 0.6 is 11.8 Å². The second-order valence-corrected chi connectivity index (χ2v) is 5.58. The van der Waals surface area contributed by atoms with Crippen LogP contribution in [-0.2, 0) is 6.54 Å². The highest BCUT2D eigenvalue weighted by molar-refractivity contribution is 8.14. The first-order valence-electron chi connectivity index (χ1n) is 5.83. The van der Waals surface area contributed by atoms with Crippen molar-refractivity contribution in [3.8, 4) is 0 Å². The Morgan fingerprint density at radius 3 is 2.94 bits per heavy atom. The molecule has 2 aromatic rings. The van der Waals surface area contributed by atoms with E-state index in [0.29, 0.717) is 6.04 Å². The van der Waals surface area contributed by atoms with Crippen LogP contribution in [0.3, 0.4) is 0 Å². The van der Waals surface area contributed by atoms with Crippen LogP contribution in [0.1, 0.15) is 12.7 Å². The van der Waals surface area contributed by atoms with Crippen molar-refractivity contribution in [1.82, 2.24) is 9.55 Å². The number of benzene rings is 1. The van der Waals surface area contributed by atoms with Crippen LogP contribution in [0.5, 0.6) is 0 Å². The maximum atomic E-state index is 4.64. The van der Waals surface area contributed by atoms with E-state index in [2.05, 4.69) is 46.6 Å². The lowest BCUT2D eigenvalue weighted by molar-refractivity contribution is 0.603. The minimum Gasteiger partial charge on any atom is -0.326 e. The SMILES string of the molecule is CC1=NC(Cn2c(C)nc3ccccc32)CS1. The average Bonchev–Trinajstić information content (AvgIpc) is 2.85. The van der Waals surface area contributed by atoms with Gasteiger partial charge in [-0.05, 0) is 26.0 Å². The molecule has 1 unspecified atom stereocenters. The van der Waals surface area contributed by atoms with Crippen LogP contribution in [0, 0.1) is 6.92 Å². The van der Waals surface area contributed by atoms with E-state index in [1.54, 1.807) is 0 Å². The van der Waals surface area contributed by atoms with Gasteiger partial charge in [-0.25, -0.2) is 4.98 Å². The van der Waals surface area contributed by atoms with Crippen molar-refractivity contribution in [1.29, 1.82) is 0 Å². The van der Waals surface area contributed by atoms with Crippen molar-refractivity contribution in [2.24, 2.45) is 4.99 Å². The first kappa shape index (κ1) is 10.8. The van der Waals surface area contributed by atoms with Crippen molar-refractivity contribution >= 4 is 27.8 Å². The zero-order valence-corrected chi connectivity index (χ0v) is 10.9. The monoisotopic (exact) mass is 245 g/mol. The van der Waals surface area contributed by atoms with Crippen LogP contribution < -0.4 is 0 Å². The first-order valence-corrected chi connectivity index (χ1v) is 6.81. The lowest BCUT2D eigenvalue weighted by atomic mass is 10.3. The number of rotatable bonds is 2. The smallest absolute Gasteiger partial charge is 0.106 e. The van der Waals surface area contributed by atoms with Gasteiger partial charge in [-0.2, -0.15) is 0 Å².